The average Bonchev–Trinajstić information content (AvgIpc) is 2.43. The highest BCUT2D eigenvalue weighted by Gasteiger charge is 2.11. The van der Waals surface area contributed by atoms with Crippen LogP contribution in [0.25, 0.3) is 0 Å². The summed E-state index contributed by atoms with van der Waals surface area (Å²) in [5.74, 6) is 0.435. The molecule has 1 atom stereocenters. The molecule has 0 saturated carbocycles. The van der Waals surface area contributed by atoms with Crippen LogP contribution < -0.4 is 10.1 Å². The highest BCUT2D eigenvalue weighted by atomic mass is 16.6. The van der Waals surface area contributed by atoms with Gasteiger partial charge in [-0.05, 0) is 6.42 Å². The van der Waals surface area contributed by atoms with Crippen LogP contribution in [0.4, 0.5) is 11.4 Å². The van der Waals surface area contributed by atoms with Gasteiger partial charge in [-0.1, -0.05) is 6.92 Å². The van der Waals surface area contributed by atoms with Gasteiger partial charge in [-0.25, -0.2) is 0 Å². The molecule has 1 aromatic rings. The Bertz CT molecular complexity index is 439. The number of nitro groups is 1. The minimum Gasteiger partial charge on any atom is -0.493 e. The molecule has 112 valence electrons. The Morgan fingerprint density at radius 2 is 2.20 bits per heavy atom. The molecule has 7 nitrogen and oxygen atoms in total. The zero-order chi connectivity index (χ0) is 15.0. The maximum Gasteiger partial charge on any atom is 0.275 e. The molecule has 0 saturated heterocycles. The van der Waals surface area contributed by atoms with Crippen molar-refractivity contribution in [2.45, 2.75) is 19.4 Å². The first-order valence-electron chi connectivity index (χ1n) is 6.40. The van der Waals surface area contributed by atoms with Crippen LogP contribution in [-0.2, 0) is 4.74 Å². The number of benzene rings is 1. The molecule has 0 bridgehead atoms. The van der Waals surface area contributed by atoms with Crippen molar-refractivity contribution >= 4 is 11.4 Å². The lowest BCUT2D eigenvalue weighted by molar-refractivity contribution is -0.384. The Morgan fingerprint density at radius 1 is 1.45 bits per heavy atom. The fourth-order valence-corrected chi connectivity index (χ4v) is 1.58. The van der Waals surface area contributed by atoms with Crippen LogP contribution in [0.15, 0.2) is 18.2 Å². The standard InChI is InChI=1S/C13H20N2O5/c1-3-4-20-13-6-10(5-11(7-13)15(17)18)14-8-12(16)9-19-2/h5-7,12,14,16H,3-4,8-9H2,1-2H3. The zero-order valence-electron chi connectivity index (χ0n) is 11.7. The normalized spacial score (nSPS) is 11.9. The Kier molecular flexibility index (Phi) is 6.75. The molecule has 0 aliphatic rings. The molecule has 0 fully saturated rings. The van der Waals surface area contributed by atoms with Crippen LogP contribution in [0.3, 0.4) is 0 Å². The molecule has 1 unspecified atom stereocenters. The van der Waals surface area contributed by atoms with Crippen molar-refractivity contribution in [3.8, 4) is 5.75 Å². The smallest absolute Gasteiger partial charge is 0.275 e. The molecule has 0 heterocycles. The molecule has 0 spiro atoms. The molecule has 20 heavy (non-hydrogen) atoms. The quantitative estimate of drug-likeness (QED) is 0.530. The number of methoxy groups -OCH3 is 1. The highest BCUT2D eigenvalue weighted by Crippen LogP contribution is 2.26. The second kappa shape index (κ2) is 8.34. The predicted molar refractivity (Wildman–Crippen MR) is 75.3 cm³/mol. The first-order chi connectivity index (χ1) is 9.56. The van der Waals surface area contributed by atoms with Crippen LogP contribution in [0.2, 0.25) is 0 Å². The minimum atomic E-state index is -0.681. The van der Waals surface area contributed by atoms with Crippen molar-refractivity contribution in [2.24, 2.45) is 0 Å². The Hall–Kier alpha value is -1.86. The first-order valence-corrected chi connectivity index (χ1v) is 6.40. The number of ether oxygens (including phenoxy) is 2. The molecule has 1 aromatic carbocycles. The third kappa shape index (κ3) is 5.41. The number of nitrogens with one attached hydrogen (secondary N) is 1. The van der Waals surface area contributed by atoms with Gasteiger partial charge in [-0.2, -0.15) is 0 Å². The van der Waals surface area contributed by atoms with Gasteiger partial charge in [-0.3, -0.25) is 10.1 Å². The van der Waals surface area contributed by atoms with Gasteiger partial charge in [0, 0.05) is 31.5 Å². The number of hydrogen-bond donors (Lipinski definition) is 2. The van der Waals surface area contributed by atoms with Gasteiger partial charge >= 0.3 is 0 Å². The van der Waals surface area contributed by atoms with E-state index in [0.717, 1.165) is 6.42 Å². The summed E-state index contributed by atoms with van der Waals surface area (Å²) < 4.78 is 10.2. The monoisotopic (exact) mass is 284 g/mol. The molecule has 0 radical (unpaired) electrons. The van der Waals surface area contributed by atoms with E-state index in [1.807, 2.05) is 6.92 Å². The van der Waals surface area contributed by atoms with Crippen LogP contribution in [0, 0.1) is 10.1 Å². The molecule has 0 aromatic heterocycles. The molecule has 0 amide bonds. The maximum absolute atomic E-state index is 10.9. The summed E-state index contributed by atoms with van der Waals surface area (Å²) in [7, 11) is 1.49. The van der Waals surface area contributed by atoms with Gasteiger partial charge in [0.25, 0.3) is 5.69 Å². The number of aliphatic hydroxyl groups excluding tert-OH is 1. The van der Waals surface area contributed by atoms with Crippen LogP contribution in [-0.4, -0.2) is 43.0 Å². The van der Waals surface area contributed by atoms with E-state index < -0.39 is 11.0 Å². The van der Waals surface area contributed by atoms with Crippen molar-refractivity contribution < 1.29 is 19.5 Å². The molecular weight excluding hydrogens is 264 g/mol. The number of hydrogen-bond acceptors (Lipinski definition) is 6. The van der Waals surface area contributed by atoms with E-state index in [4.69, 9.17) is 9.47 Å². The second-order valence-corrected chi connectivity index (χ2v) is 4.31. The lowest BCUT2D eigenvalue weighted by atomic mass is 10.2. The van der Waals surface area contributed by atoms with E-state index in [-0.39, 0.29) is 18.8 Å². The van der Waals surface area contributed by atoms with E-state index in [9.17, 15) is 15.2 Å². The van der Waals surface area contributed by atoms with Gasteiger partial charge < -0.3 is 19.9 Å². The number of nitrogens with zero attached hydrogens (tertiary/aromatic N) is 1. The fraction of sp³-hybridized carbons (Fsp3) is 0.538. The van der Waals surface area contributed by atoms with Gasteiger partial charge in [0.05, 0.1) is 30.3 Å². The lowest BCUT2D eigenvalue weighted by Gasteiger charge is -2.13. The third-order valence-corrected chi connectivity index (χ3v) is 2.48. The Labute approximate surface area is 117 Å². The molecule has 2 N–H and O–H groups in total. The number of non-ortho nitro benzene ring substituents is 1. The zero-order valence-corrected chi connectivity index (χ0v) is 11.7. The largest absolute Gasteiger partial charge is 0.493 e. The SMILES string of the molecule is CCCOc1cc(NCC(O)COC)cc([N+](=O)[O-])c1. The summed E-state index contributed by atoms with van der Waals surface area (Å²) >= 11 is 0. The molecule has 1 rings (SSSR count). The number of anilines is 1. The van der Waals surface area contributed by atoms with Crippen LogP contribution in [0.1, 0.15) is 13.3 Å². The van der Waals surface area contributed by atoms with Crippen LogP contribution >= 0.6 is 0 Å². The fourth-order valence-electron chi connectivity index (χ4n) is 1.58. The van der Waals surface area contributed by atoms with Crippen molar-refractivity contribution in [3.05, 3.63) is 28.3 Å². The summed E-state index contributed by atoms with van der Waals surface area (Å²) in [5.41, 5.74) is 0.475. The van der Waals surface area contributed by atoms with Crippen molar-refractivity contribution in [3.63, 3.8) is 0 Å². The predicted octanol–water partition coefficient (Wildman–Crippen LogP) is 1.80. The lowest BCUT2D eigenvalue weighted by Crippen LogP contribution is -2.24. The highest BCUT2D eigenvalue weighted by molar-refractivity contribution is 5.56. The summed E-state index contributed by atoms with van der Waals surface area (Å²) in [6, 6.07) is 4.45. The Morgan fingerprint density at radius 3 is 2.80 bits per heavy atom. The van der Waals surface area contributed by atoms with Gasteiger partial charge in [-0.15, -0.1) is 0 Å². The second-order valence-electron chi connectivity index (χ2n) is 4.31. The van der Waals surface area contributed by atoms with E-state index in [2.05, 4.69) is 5.32 Å². The molecule has 0 aliphatic heterocycles. The molecule has 7 heteroatoms. The van der Waals surface area contributed by atoms with Gasteiger partial charge in [0.2, 0.25) is 0 Å². The van der Waals surface area contributed by atoms with Crippen molar-refractivity contribution in [2.75, 3.05) is 32.2 Å². The summed E-state index contributed by atoms with van der Waals surface area (Å²) in [5, 5.41) is 23.3. The van der Waals surface area contributed by atoms with Gasteiger partial charge in [0.1, 0.15) is 5.75 Å². The summed E-state index contributed by atoms with van der Waals surface area (Å²) in [6.07, 6.45) is 0.136. The topological polar surface area (TPSA) is 93.9 Å². The maximum atomic E-state index is 10.9. The van der Waals surface area contributed by atoms with E-state index >= 15 is 0 Å². The number of nitro benzene ring substituents is 1. The first kappa shape index (κ1) is 16.2. The molecule has 0 aliphatic carbocycles. The van der Waals surface area contributed by atoms with Gasteiger partial charge in [0.15, 0.2) is 0 Å². The Balaban J connectivity index is 2.77. The summed E-state index contributed by atoms with van der Waals surface area (Å²) in [4.78, 5) is 10.4. The van der Waals surface area contributed by atoms with E-state index in [1.165, 1.54) is 19.2 Å². The van der Waals surface area contributed by atoms with E-state index in [0.29, 0.717) is 18.0 Å². The van der Waals surface area contributed by atoms with E-state index in [1.54, 1.807) is 6.07 Å². The number of rotatable bonds is 9. The van der Waals surface area contributed by atoms with Crippen molar-refractivity contribution in [1.29, 1.82) is 0 Å². The summed E-state index contributed by atoms with van der Waals surface area (Å²) in [6.45, 7) is 2.88. The van der Waals surface area contributed by atoms with Crippen LogP contribution in [0.5, 0.6) is 5.75 Å². The number of aliphatic hydroxyl groups is 1. The van der Waals surface area contributed by atoms with Crippen molar-refractivity contribution in [1.82, 2.24) is 0 Å². The minimum absolute atomic E-state index is 0.0534. The molecular formula is C13H20N2O5. The third-order valence-electron chi connectivity index (χ3n) is 2.48. The average molecular weight is 284 g/mol.